The van der Waals surface area contributed by atoms with E-state index in [0.29, 0.717) is 0 Å². The Morgan fingerprint density at radius 3 is 2.64 bits per heavy atom. The summed E-state index contributed by atoms with van der Waals surface area (Å²) < 4.78 is 18.2. The number of ether oxygens (including phenoxy) is 1. The van der Waals surface area contributed by atoms with Crippen molar-refractivity contribution in [3.63, 3.8) is 0 Å². The number of hydrogen-bond donors (Lipinski definition) is 0. The summed E-state index contributed by atoms with van der Waals surface area (Å²) in [5, 5.41) is 0. The molecule has 1 saturated carbocycles. The van der Waals surface area contributed by atoms with Crippen molar-refractivity contribution in [2.24, 2.45) is 0 Å². The highest BCUT2D eigenvalue weighted by Gasteiger charge is 2.42. The van der Waals surface area contributed by atoms with Crippen molar-refractivity contribution in [3.8, 4) is 18.1 Å². The summed E-state index contributed by atoms with van der Waals surface area (Å²) in [6.07, 6.45) is 7.33. The average Bonchev–Trinajstić information content (AvgIpc) is 2.98. The first-order valence-corrected chi connectivity index (χ1v) is 4.54. The maximum absolute atomic E-state index is 13.4. The van der Waals surface area contributed by atoms with E-state index in [9.17, 15) is 4.39 Å². The van der Waals surface area contributed by atoms with Crippen molar-refractivity contribution in [1.82, 2.24) is 0 Å². The van der Waals surface area contributed by atoms with E-state index in [2.05, 4.69) is 5.92 Å². The van der Waals surface area contributed by atoms with Crippen LogP contribution in [0, 0.1) is 18.2 Å². The van der Waals surface area contributed by atoms with Crippen molar-refractivity contribution in [2.75, 3.05) is 7.11 Å². The first kappa shape index (κ1) is 9.08. The summed E-state index contributed by atoms with van der Waals surface area (Å²) >= 11 is 0. The van der Waals surface area contributed by atoms with Crippen molar-refractivity contribution >= 4 is 0 Å². The molecule has 1 aliphatic carbocycles. The highest BCUT2D eigenvalue weighted by atomic mass is 19.1. The van der Waals surface area contributed by atoms with Crippen molar-refractivity contribution in [3.05, 3.63) is 29.6 Å². The highest BCUT2D eigenvalue weighted by molar-refractivity contribution is 5.43. The van der Waals surface area contributed by atoms with Crippen molar-refractivity contribution < 1.29 is 9.13 Å². The SMILES string of the molecule is C#CC1(c2ccc(OC)c(F)c2)CC1. The molecule has 14 heavy (non-hydrogen) atoms. The molecule has 1 aromatic rings. The van der Waals surface area contributed by atoms with E-state index >= 15 is 0 Å². The Kier molecular flexibility index (Phi) is 1.96. The highest BCUT2D eigenvalue weighted by Crippen LogP contribution is 2.48. The van der Waals surface area contributed by atoms with E-state index in [-0.39, 0.29) is 17.0 Å². The van der Waals surface area contributed by atoms with E-state index in [1.807, 2.05) is 6.07 Å². The van der Waals surface area contributed by atoms with Gasteiger partial charge in [-0.3, -0.25) is 0 Å². The Morgan fingerprint density at radius 1 is 1.50 bits per heavy atom. The van der Waals surface area contributed by atoms with Gasteiger partial charge in [0.25, 0.3) is 0 Å². The van der Waals surface area contributed by atoms with Gasteiger partial charge in [-0.1, -0.05) is 12.0 Å². The van der Waals surface area contributed by atoms with Gasteiger partial charge in [-0.25, -0.2) is 4.39 Å². The van der Waals surface area contributed by atoms with E-state index in [0.717, 1.165) is 18.4 Å². The lowest BCUT2D eigenvalue weighted by atomic mass is 9.97. The van der Waals surface area contributed by atoms with Gasteiger partial charge < -0.3 is 4.74 Å². The van der Waals surface area contributed by atoms with Gasteiger partial charge in [-0.05, 0) is 30.5 Å². The summed E-state index contributed by atoms with van der Waals surface area (Å²) in [5.41, 5.74) is 0.686. The zero-order valence-electron chi connectivity index (χ0n) is 8.01. The molecular weight excluding hydrogens is 179 g/mol. The molecule has 0 atom stereocenters. The summed E-state index contributed by atoms with van der Waals surface area (Å²) in [4.78, 5) is 0. The molecule has 1 aliphatic rings. The molecule has 2 rings (SSSR count). The Balaban J connectivity index is 2.39. The molecule has 0 N–H and O–H groups in total. The largest absolute Gasteiger partial charge is 0.494 e. The molecule has 0 unspecified atom stereocenters. The number of methoxy groups -OCH3 is 1. The third kappa shape index (κ3) is 1.26. The van der Waals surface area contributed by atoms with Crippen LogP contribution in [0.3, 0.4) is 0 Å². The molecule has 0 amide bonds. The predicted octanol–water partition coefficient (Wildman–Crippen LogP) is 2.50. The van der Waals surface area contributed by atoms with Gasteiger partial charge in [0.1, 0.15) is 0 Å². The van der Waals surface area contributed by atoms with Crippen LogP contribution >= 0.6 is 0 Å². The third-order valence-corrected chi connectivity index (χ3v) is 2.73. The fraction of sp³-hybridized carbons (Fsp3) is 0.333. The molecule has 0 bridgehead atoms. The summed E-state index contributed by atoms with van der Waals surface area (Å²) in [7, 11) is 1.45. The molecular formula is C12H11FO. The van der Waals surface area contributed by atoms with Crippen LogP contribution in [0.4, 0.5) is 4.39 Å². The van der Waals surface area contributed by atoms with Crippen LogP contribution in [0.15, 0.2) is 18.2 Å². The summed E-state index contributed by atoms with van der Waals surface area (Å²) in [6, 6.07) is 4.95. The predicted molar refractivity (Wildman–Crippen MR) is 52.7 cm³/mol. The van der Waals surface area contributed by atoms with Gasteiger partial charge >= 0.3 is 0 Å². The second-order valence-corrected chi connectivity index (χ2v) is 3.58. The normalized spacial score (nSPS) is 17.2. The molecule has 1 nitrogen and oxygen atoms in total. The fourth-order valence-electron chi connectivity index (χ4n) is 1.61. The van der Waals surface area contributed by atoms with Gasteiger partial charge in [0.15, 0.2) is 11.6 Å². The molecule has 0 radical (unpaired) electrons. The van der Waals surface area contributed by atoms with Crippen LogP contribution < -0.4 is 4.74 Å². The minimum Gasteiger partial charge on any atom is -0.494 e. The average molecular weight is 190 g/mol. The molecule has 0 saturated heterocycles. The van der Waals surface area contributed by atoms with Crippen LogP contribution in [0.2, 0.25) is 0 Å². The number of benzene rings is 1. The monoisotopic (exact) mass is 190 g/mol. The van der Waals surface area contributed by atoms with Gasteiger partial charge in [0.05, 0.1) is 12.5 Å². The molecule has 1 aromatic carbocycles. The first-order valence-electron chi connectivity index (χ1n) is 4.54. The zero-order chi connectivity index (χ0) is 10.2. The van der Waals surface area contributed by atoms with Gasteiger partial charge in [0, 0.05) is 0 Å². The van der Waals surface area contributed by atoms with Crippen LogP contribution in [-0.2, 0) is 5.41 Å². The van der Waals surface area contributed by atoms with E-state index < -0.39 is 0 Å². The Bertz CT molecular complexity index is 399. The van der Waals surface area contributed by atoms with Gasteiger partial charge in [0.2, 0.25) is 0 Å². The first-order chi connectivity index (χ1) is 6.72. The summed E-state index contributed by atoms with van der Waals surface area (Å²) in [5.74, 6) is 2.65. The molecule has 0 spiro atoms. The number of rotatable bonds is 2. The zero-order valence-corrected chi connectivity index (χ0v) is 8.01. The molecule has 1 fully saturated rings. The quantitative estimate of drug-likeness (QED) is 0.651. The maximum Gasteiger partial charge on any atom is 0.165 e. The second kappa shape index (κ2) is 3.02. The van der Waals surface area contributed by atoms with E-state index in [1.54, 1.807) is 6.07 Å². The minimum atomic E-state index is -0.341. The molecule has 72 valence electrons. The topological polar surface area (TPSA) is 9.23 Å². The Labute approximate surface area is 82.9 Å². The lowest BCUT2D eigenvalue weighted by Gasteiger charge is -2.09. The van der Waals surface area contributed by atoms with E-state index in [4.69, 9.17) is 11.2 Å². The molecule has 0 heterocycles. The molecule has 2 heteroatoms. The number of halogens is 1. The van der Waals surface area contributed by atoms with Gasteiger partial charge in [-0.2, -0.15) is 0 Å². The number of hydrogen-bond acceptors (Lipinski definition) is 1. The van der Waals surface area contributed by atoms with Crippen LogP contribution in [0.1, 0.15) is 18.4 Å². The van der Waals surface area contributed by atoms with Crippen LogP contribution in [0.5, 0.6) is 5.75 Å². The van der Waals surface area contributed by atoms with Crippen LogP contribution in [-0.4, -0.2) is 7.11 Å². The Hall–Kier alpha value is -1.49. The van der Waals surface area contributed by atoms with Crippen LogP contribution in [0.25, 0.3) is 0 Å². The lowest BCUT2D eigenvalue weighted by molar-refractivity contribution is 0.386. The maximum atomic E-state index is 13.4. The lowest BCUT2D eigenvalue weighted by Crippen LogP contribution is -2.03. The number of terminal acetylenes is 1. The third-order valence-electron chi connectivity index (χ3n) is 2.73. The molecule has 0 aromatic heterocycles. The van der Waals surface area contributed by atoms with Crippen molar-refractivity contribution in [2.45, 2.75) is 18.3 Å². The smallest absolute Gasteiger partial charge is 0.165 e. The Morgan fingerprint density at radius 2 is 2.21 bits per heavy atom. The van der Waals surface area contributed by atoms with Gasteiger partial charge in [-0.15, -0.1) is 6.42 Å². The standard InChI is InChI=1S/C12H11FO/c1-3-12(6-7-12)9-4-5-11(14-2)10(13)8-9/h1,4-5,8H,6-7H2,2H3. The van der Waals surface area contributed by atoms with E-state index in [1.165, 1.54) is 13.2 Å². The molecule has 0 aliphatic heterocycles. The van der Waals surface area contributed by atoms with Crippen molar-refractivity contribution in [1.29, 1.82) is 0 Å². The fourth-order valence-corrected chi connectivity index (χ4v) is 1.61. The second-order valence-electron chi connectivity index (χ2n) is 3.58. The summed E-state index contributed by atoms with van der Waals surface area (Å²) in [6.45, 7) is 0. The minimum absolute atomic E-state index is 0.201.